The van der Waals surface area contributed by atoms with E-state index in [1.807, 2.05) is 0 Å². The van der Waals surface area contributed by atoms with Crippen molar-refractivity contribution in [2.24, 2.45) is 0 Å². The van der Waals surface area contributed by atoms with Crippen LogP contribution < -0.4 is 0 Å². The SMILES string of the molecule is CC/C=C\C/C=C\C/C=C\C/C=C\C/C=C\C/C=C\CCCCCCC(=O)OCC(COC(=O)CCCCC/C=C\C/C=C\C/C=C\CC)OC(=O)CCCCCCC/C=C\CCCCCCC. The minimum atomic E-state index is -0.808. The molecule has 68 heavy (non-hydrogen) atoms. The molecule has 0 aliphatic rings. The number of hydrogen-bond donors (Lipinski definition) is 0. The topological polar surface area (TPSA) is 78.9 Å². The Hall–Kier alpha value is -4.19. The van der Waals surface area contributed by atoms with Gasteiger partial charge in [0.2, 0.25) is 0 Å². The fraction of sp³-hybridized carbons (Fsp3) is 0.629. The Kier molecular flexibility index (Phi) is 52.0. The van der Waals surface area contributed by atoms with Crippen LogP contribution in [-0.2, 0) is 28.6 Å². The fourth-order valence-electron chi connectivity index (χ4n) is 7.10. The molecule has 1 unspecified atom stereocenters. The van der Waals surface area contributed by atoms with E-state index in [-0.39, 0.29) is 31.1 Å². The second-order valence-corrected chi connectivity index (χ2v) is 17.7. The van der Waals surface area contributed by atoms with Gasteiger partial charge in [0.15, 0.2) is 6.10 Å². The first-order valence-electron chi connectivity index (χ1n) is 27.5. The fourth-order valence-corrected chi connectivity index (χ4v) is 7.10. The van der Waals surface area contributed by atoms with Gasteiger partial charge in [-0.05, 0) is 128 Å². The molecule has 0 radical (unpaired) electrons. The predicted molar refractivity (Wildman–Crippen MR) is 293 cm³/mol. The number of allylic oxidation sites excluding steroid dienone is 20. The summed E-state index contributed by atoms with van der Waals surface area (Å²) < 4.78 is 16.8. The molecule has 0 aromatic heterocycles. The lowest BCUT2D eigenvalue weighted by Gasteiger charge is -2.18. The molecule has 0 aliphatic carbocycles. The minimum Gasteiger partial charge on any atom is -0.462 e. The third kappa shape index (κ3) is 52.8. The summed E-state index contributed by atoms with van der Waals surface area (Å²) in [5, 5.41) is 0. The van der Waals surface area contributed by atoms with Crippen LogP contribution in [0.25, 0.3) is 0 Å². The van der Waals surface area contributed by atoms with Crippen LogP contribution in [0.1, 0.15) is 233 Å². The summed E-state index contributed by atoms with van der Waals surface area (Å²) in [5.41, 5.74) is 0. The van der Waals surface area contributed by atoms with Gasteiger partial charge in [0.1, 0.15) is 13.2 Å². The highest BCUT2D eigenvalue weighted by Gasteiger charge is 2.19. The molecular weight excluding hydrogens is 841 g/mol. The maximum Gasteiger partial charge on any atom is 0.306 e. The zero-order valence-electron chi connectivity index (χ0n) is 43.8. The van der Waals surface area contributed by atoms with E-state index in [2.05, 4.69) is 142 Å². The monoisotopic (exact) mass is 941 g/mol. The zero-order chi connectivity index (χ0) is 49.3. The molecule has 0 heterocycles. The lowest BCUT2D eigenvalue weighted by molar-refractivity contribution is -0.167. The van der Waals surface area contributed by atoms with Gasteiger partial charge >= 0.3 is 17.9 Å². The summed E-state index contributed by atoms with van der Waals surface area (Å²) in [6.07, 6.45) is 76.1. The molecule has 1 atom stereocenters. The van der Waals surface area contributed by atoms with Crippen LogP contribution in [0.5, 0.6) is 0 Å². The molecule has 0 rings (SSSR count). The Morgan fingerprint density at radius 3 is 0.926 bits per heavy atom. The van der Waals surface area contributed by atoms with E-state index in [9.17, 15) is 14.4 Å². The van der Waals surface area contributed by atoms with E-state index in [0.29, 0.717) is 19.3 Å². The second kappa shape index (κ2) is 55.4. The van der Waals surface area contributed by atoms with Crippen molar-refractivity contribution in [1.29, 1.82) is 0 Å². The Bertz CT molecular complexity index is 1450. The third-order valence-electron chi connectivity index (χ3n) is 11.2. The Labute approximate surface area is 418 Å². The molecule has 0 saturated heterocycles. The number of esters is 3. The van der Waals surface area contributed by atoms with E-state index in [0.717, 1.165) is 148 Å². The van der Waals surface area contributed by atoms with Gasteiger partial charge in [-0.1, -0.05) is 206 Å². The van der Waals surface area contributed by atoms with Gasteiger partial charge in [-0.3, -0.25) is 14.4 Å². The first-order valence-corrected chi connectivity index (χ1v) is 27.5. The highest BCUT2D eigenvalue weighted by atomic mass is 16.6. The maximum absolute atomic E-state index is 12.8. The summed E-state index contributed by atoms with van der Waals surface area (Å²) in [7, 11) is 0. The van der Waals surface area contributed by atoms with Crippen LogP contribution in [0.2, 0.25) is 0 Å². The molecule has 0 aromatic carbocycles. The average Bonchev–Trinajstić information content (AvgIpc) is 3.34. The first-order chi connectivity index (χ1) is 33.5. The molecule has 0 amide bonds. The van der Waals surface area contributed by atoms with Crippen molar-refractivity contribution in [3.8, 4) is 0 Å². The Morgan fingerprint density at radius 2 is 0.574 bits per heavy atom. The summed E-state index contributed by atoms with van der Waals surface area (Å²) >= 11 is 0. The molecular formula is C62H100O6. The molecule has 6 heteroatoms. The van der Waals surface area contributed by atoms with Gasteiger partial charge in [0, 0.05) is 19.3 Å². The van der Waals surface area contributed by atoms with Crippen molar-refractivity contribution >= 4 is 17.9 Å². The molecule has 6 nitrogen and oxygen atoms in total. The van der Waals surface area contributed by atoms with Gasteiger partial charge in [0.25, 0.3) is 0 Å². The molecule has 0 N–H and O–H groups in total. The van der Waals surface area contributed by atoms with Crippen molar-refractivity contribution in [2.45, 2.75) is 239 Å². The molecule has 0 bridgehead atoms. The highest BCUT2D eigenvalue weighted by Crippen LogP contribution is 2.13. The van der Waals surface area contributed by atoms with Crippen LogP contribution in [-0.4, -0.2) is 37.2 Å². The first kappa shape index (κ1) is 63.8. The molecule has 0 saturated carbocycles. The lowest BCUT2D eigenvalue weighted by Crippen LogP contribution is -2.30. The number of ether oxygens (including phenoxy) is 3. The molecule has 0 aliphatic heterocycles. The largest absolute Gasteiger partial charge is 0.462 e. The number of unbranched alkanes of at least 4 members (excludes halogenated alkanes) is 17. The van der Waals surface area contributed by atoms with E-state index >= 15 is 0 Å². The van der Waals surface area contributed by atoms with Gasteiger partial charge in [-0.25, -0.2) is 0 Å². The third-order valence-corrected chi connectivity index (χ3v) is 11.2. The van der Waals surface area contributed by atoms with E-state index in [4.69, 9.17) is 14.2 Å². The zero-order valence-corrected chi connectivity index (χ0v) is 43.8. The number of carbonyl (C=O) groups excluding carboxylic acids is 3. The van der Waals surface area contributed by atoms with E-state index in [1.54, 1.807) is 0 Å². The van der Waals surface area contributed by atoms with Crippen LogP contribution >= 0.6 is 0 Å². The summed E-state index contributed by atoms with van der Waals surface area (Å²) in [6.45, 7) is 6.33. The van der Waals surface area contributed by atoms with Crippen molar-refractivity contribution in [1.82, 2.24) is 0 Å². The normalized spacial score (nSPS) is 13.0. The van der Waals surface area contributed by atoms with Gasteiger partial charge in [-0.15, -0.1) is 0 Å². The number of carbonyl (C=O) groups is 3. The van der Waals surface area contributed by atoms with Crippen LogP contribution in [0.4, 0.5) is 0 Å². The van der Waals surface area contributed by atoms with E-state index < -0.39 is 6.10 Å². The van der Waals surface area contributed by atoms with Gasteiger partial charge in [0.05, 0.1) is 0 Å². The van der Waals surface area contributed by atoms with Crippen LogP contribution in [0.15, 0.2) is 122 Å². The van der Waals surface area contributed by atoms with Crippen molar-refractivity contribution < 1.29 is 28.6 Å². The highest BCUT2D eigenvalue weighted by molar-refractivity contribution is 5.71. The molecule has 384 valence electrons. The smallest absolute Gasteiger partial charge is 0.306 e. The van der Waals surface area contributed by atoms with Crippen molar-refractivity contribution in [2.75, 3.05) is 13.2 Å². The minimum absolute atomic E-state index is 0.107. The van der Waals surface area contributed by atoms with E-state index in [1.165, 1.54) is 44.9 Å². The Balaban J connectivity index is 4.46. The lowest BCUT2D eigenvalue weighted by atomic mass is 10.1. The number of hydrogen-bond acceptors (Lipinski definition) is 6. The standard InChI is InChI=1S/C62H100O6/c1-4-7-10-13-16-19-22-25-27-28-29-30-31-32-33-34-35-38-40-43-46-49-52-55-61(64)67-58-59(57-66-60(63)54-51-48-45-42-39-36-24-21-18-15-12-9-6-3)68-62(65)56-53-50-47-44-41-37-26-23-20-17-14-11-8-5-2/h7,9-10,12,16,18-19,21,23,25-27,29-30,32-33,35-36,38-39,59H,4-6,8,11,13-15,17,20,22,24,28,31,34,37,40-58H2,1-3H3/b10-7-,12-9-,19-16-,21-18-,26-23-,27-25-,30-29-,33-32-,38-35-,39-36-. The van der Waals surface area contributed by atoms with Gasteiger partial charge < -0.3 is 14.2 Å². The van der Waals surface area contributed by atoms with Gasteiger partial charge in [-0.2, -0.15) is 0 Å². The average molecular weight is 941 g/mol. The second-order valence-electron chi connectivity index (χ2n) is 17.7. The predicted octanol–water partition coefficient (Wildman–Crippen LogP) is 18.5. The molecule has 0 spiro atoms. The van der Waals surface area contributed by atoms with Crippen molar-refractivity contribution in [3.05, 3.63) is 122 Å². The quantitative estimate of drug-likeness (QED) is 0.0262. The van der Waals surface area contributed by atoms with Crippen LogP contribution in [0, 0.1) is 0 Å². The molecule has 0 fully saturated rings. The molecule has 0 aromatic rings. The van der Waals surface area contributed by atoms with Crippen LogP contribution in [0.3, 0.4) is 0 Å². The summed E-state index contributed by atoms with van der Waals surface area (Å²) in [4.78, 5) is 38.1. The summed E-state index contributed by atoms with van der Waals surface area (Å²) in [6, 6.07) is 0. The summed E-state index contributed by atoms with van der Waals surface area (Å²) in [5.74, 6) is -0.973. The Morgan fingerprint density at radius 1 is 0.309 bits per heavy atom. The van der Waals surface area contributed by atoms with Crippen molar-refractivity contribution in [3.63, 3.8) is 0 Å². The maximum atomic E-state index is 12.8. The number of rotatable bonds is 48.